The van der Waals surface area contributed by atoms with E-state index in [2.05, 4.69) is 0 Å². The smallest absolute Gasteiger partial charge is 0.281 e. The van der Waals surface area contributed by atoms with Crippen molar-refractivity contribution in [1.29, 1.82) is 0 Å². The number of hydrogen-bond acceptors (Lipinski definition) is 3. The number of halogens is 2. The van der Waals surface area contributed by atoms with Crippen LogP contribution in [0.1, 0.15) is 0 Å². The van der Waals surface area contributed by atoms with E-state index in [9.17, 15) is 18.9 Å². The quantitative estimate of drug-likeness (QED) is 0.630. The number of nitrogens with zero attached hydrogens (tertiary/aromatic N) is 1. The molecule has 6 heteroatoms. The molecular formula is C13H9F2NO3. The molecule has 2 aromatic rings. The van der Waals surface area contributed by atoms with Crippen molar-refractivity contribution in [3.63, 3.8) is 0 Å². The van der Waals surface area contributed by atoms with Crippen molar-refractivity contribution in [1.82, 2.24) is 0 Å². The molecule has 0 bridgehead atoms. The van der Waals surface area contributed by atoms with Gasteiger partial charge >= 0.3 is 0 Å². The van der Waals surface area contributed by atoms with Crippen molar-refractivity contribution in [3.8, 4) is 16.9 Å². The number of ether oxygens (including phenoxy) is 1. The Morgan fingerprint density at radius 1 is 1.16 bits per heavy atom. The molecule has 98 valence electrons. The summed E-state index contributed by atoms with van der Waals surface area (Å²) in [6, 6.07) is 7.48. The summed E-state index contributed by atoms with van der Waals surface area (Å²) in [6.45, 7) is 0. The normalized spacial score (nSPS) is 10.3. The lowest BCUT2D eigenvalue weighted by Crippen LogP contribution is -1.96. The van der Waals surface area contributed by atoms with Gasteiger partial charge in [-0.05, 0) is 18.2 Å². The van der Waals surface area contributed by atoms with Gasteiger partial charge in [0.25, 0.3) is 5.69 Å². The van der Waals surface area contributed by atoms with Crippen molar-refractivity contribution in [2.24, 2.45) is 0 Å². The fourth-order valence-corrected chi connectivity index (χ4v) is 1.73. The van der Waals surface area contributed by atoms with E-state index in [0.29, 0.717) is 0 Å². The molecule has 4 nitrogen and oxygen atoms in total. The number of hydrogen-bond donors (Lipinski definition) is 0. The summed E-state index contributed by atoms with van der Waals surface area (Å²) in [5.74, 6) is -1.90. The van der Waals surface area contributed by atoms with Crippen LogP contribution in [0.4, 0.5) is 14.5 Å². The van der Waals surface area contributed by atoms with Gasteiger partial charge in [-0.25, -0.2) is 8.78 Å². The molecule has 0 N–H and O–H groups in total. The summed E-state index contributed by atoms with van der Waals surface area (Å²) in [4.78, 5) is 10.3. The average molecular weight is 265 g/mol. The van der Waals surface area contributed by atoms with Gasteiger partial charge in [-0.15, -0.1) is 0 Å². The lowest BCUT2D eigenvalue weighted by atomic mass is 10.0. The molecule has 0 saturated carbocycles. The van der Waals surface area contributed by atoms with Gasteiger partial charge in [0, 0.05) is 5.56 Å². The fourth-order valence-electron chi connectivity index (χ4n) is 1.73. The summed E-state index contributed by atoms with van der Waals surface area (Å²) in [6.07, 6.45) is 0. The largest absolute Gasteiger partial charge is 0.497 e. The van der Waals surface area contributed by atoms with Crippen LogP contribution in [0.3, 0.4) is 0 Å². The molecule has 0 aliphatic heterocycles. The molecule has 0 aliphatic rings. The molecule has 2 aromatic carbocycles. The Bertz CT molecular complexity index is 644. The summed E-state index contributed by atoms with van der Waals surface area (Å²) in [5.41, 5.74) is -0.499. The van der Waals surface area contributed by atoms with Crippen molar-refractivity contribution in [2.75, 3.05) is 7.11 Å². The summed E-state index contributed by atoms with van der Waals surface area (Å²) >= 11 is 0. The highest BCUT2D eigenvalue weighted by molar-refractivity contribution is 5.75. The molecule has 0 aromatic heterocycles. The van der Waals surface area contributed by atoms with E-state index in [0.717, 1.165) is 6.07 Å². The predicted octanol–water partition coefficient (Wildman–Crippen LogP) is 3.55. The molecule has 0 spiro atoms. The molecule has 0 heterocycles. The Kier molecular flexibility index (Phi) is 3.41. The highest BCUT2D eigenvalue weighted by atomic mass is 19.2. The van der Waals surface area contributed by atoms with E-state index in [4.69, 9.17) is 4.74 Å². The van der Waals surface area contributed by atoms with Gasteiger partial charge in [0.2, 0.25) is 0 Å². The molecule has 0 unspecified atom stereocenters. The zero-order valence-electron chi connectivity index (χ0n) is 9.89. The van der Waals surface area contributed by atoms with Crippen LogP contribution >= 0.6 is 0 Å². The first-order valence-corrected chi connectivity index (χ1v) is 5.31. The van der Waals surface area contributed by atoms with Gasteiger partial charge < -0.3 is 4.74 Å². The van der Waals surface area contributed by atoms with Crippen LogP contribution in [-0.4, -0.2) is 12.0 Å². The predicted molar refractivity (Wildman–Crippen MR) is 65.0 cm³/mol. The summed E-state index contributed by atoms with van der Waals surface area (Å²) in [5, 5.41) is 11.0. The highest BCUT2D eigenvalue weighted by Gasteiger charge is 2.20. The Morgan fingerprint density at radius 3 is 2.53 bits per heavy atom. The molecule has 0 saturated heterocycles. The maximum Gasteiger partial charge on any atom is 0.281 e. The van der Waals surface area contributed by atoms with Crippen molar-refractivity contribution in [3.05, 3.63) is 58.1 Å². The van der Waals surface area contributed by atoms with Crippen molar-refractivity contribution < 1.29 is 18.4 Å². The maximum atomic E-state index is 13.7. The SMILES string of the molecule is COc1ccc(-c2cccc(F)c2F)c([N+](=O)[O-])c1. The molecule has 0 aliphatic carbocycles. The first kappa shape index (κ1) is 12.9. The minimum Gasteiger partial charge on any atom is -0.497 e. The molecule has 0 atom stereocenters. The van der Waals surface area contributed by atoms with Crippen LogP contribution in [0.25, 0.3) is 11.1 Å². The monoisotopic (exact) mass is 265 g/mol. The minimum atomic E-state index is -1.12. The summed E-state index contributed by atoms with van der Waals surface area (Å²) in [7, 11) is 1.36. The minimum absolute atomic E-state index is 0.00259. The van der Waals surface area contributed by atoms with Crippen molar-refractivity contribution >= 4 is 5.69 Å². The Morgan fingerprint density at radius 2 is 1.89 bits per heavy atom. The van der Waals surface area contributed by atoms with E-state index in [-0.39, 0.29) is 22.6 Å². The van der Waals surface area contributed by atoms with Crippen LogP contribution in [0.2, 0.25) is 0 Å². The molecule has 0 amide bonds. The topological polar surface area (TPSA) is 52.4 Å². The second kappa shape index (κ2) is 5.01. The summed E-state index contributed by atoms with van der Waals surface area (Å²) < 4.78 is 31.7. The standard InChI is InChI=1S/C13H9F2NO3/c1-19-8-5-6-9(12(7-8)16(17)18)10-3-2-4-11(14)13(10)15/h2-7H,1H3. The van der Waals surface area contributed by atoms with Crippen LogP contribution in [0.15, 0.2) is 36.4 Å². The molecule has 0 fully saturated rings. The van der Waals surface area contributed by atoms with Crippen molar-refractivity contribution in [2.45, 2.75) is 0 Å². The van der Waals surface area contributed by atoms with E-state index >= 15 is 0 Å². The third-order valence-corrected chi connectivity index (χ3v) is 2.64. The molecule has 0 radical (unpaired) electrons. The Balaban J connectivity index is 2.68. The first-order valence-electron chi connectivity index (χ1n) is 5.31. The van der Waals surface area contributed by atoms with E-state index < -0.39 is 16.6 Å². The highest BCUT2D eigenvalue weighted by Crippen LogP contribution is 2.34. The van der Waals surface area contributed by atoms with Crippen LogP contribution < -0.4 is 4.74 Å². The van der Waals surface area contributed by atoms with Crippen LogP contribution in [-0.2, 0) is 0 Å². The zero-order chi connectivity index (χ0) is 14.0. The number of rotatable bonds is 3. The average Bonchev–Trinajstić information content (AvgIpc) is 2.41. The van der Waals surface area contributed by atoms with Gasteiger partial charge in [0.05, 0.1) is 23.7 Å². The second-order valence-corrected chi connectivity index (χ2v) is 3.74. The number of nitro benzene ring substituents is 1. The molecule has 19 heavy (non-hydrogen) atoms. The maximum absolute atomic E-state index is 13.7. The van der Waals surface area contributed by atoms with Crippen LogP contribution in [0, 0.1) is 21.7 Å². The third kappa shape index (κ3) is 2.37. The van der Waals surface area contributed by atoms with E-state index in [1.54, 1.807) is 0 Å². The second-order valence-electron chi connectivity index (χ2n) is 3.74. The van der Waals surface area contributed by atoms with E-state index in [1.807, 2.05) is 0 Å². The molecular weight excluding hydrogens is 256 g/mol. The zero-order valence-corrected chi connectivity index (χ0v) is 9.89. The first-order chi connectivity index (χ1) is 9.04. The fraction of sp³-hybridized carbons (Fsp3) is 0.0769. The van der Waals surface area contributed by atoms with E-state index in [1.165, 1.54) is 37.4 Å². The number of benzene rings is 2. The van der Waals surface area contributed by atoms with Crippen LogP contribution in [0.5, 0.6) is 5.75 Å². The van der Waals surface area contributed by atoms with Gasteiger partial charge in [-0.2, -0.15) is 0 Å². The van der Waals surface area contributed by atoms with Gasteiger partial charge in [-0.1, -0.05) is 12.1 Å². The lowest BCUT2D eigenvalue weighted by Gasteiger charge is -2.07. The number of methoxy groups -OCH3 is 1. The lowest BCUT2D eigenvalue weighted by molar-refractivity contribution is -0.384. The molecule has 2 rings (SSSR count). The van der Waals surface area contributed by atoms with Gasteiger partial charge in [0.15, 0.2) is 11.6 Å². The Labute approximate surface area is 107 Å². The number of nitro groups is 1. The van der Waals surface area contributed by atoms with Gasteiger partial charge in [-0.3, -0.25) is 10.1 Å². The van der Waals surface area contributed by atoms with Gasteiger partial charge in [0.1, 0.15) is 5.75 Å². The Hall–Kier alpha value is -2.50. The third-order valence-electron chi connectivity index (χ3n) is 2.64.